The lowest BCUT2D eigenvalue weighted by molar-refractivity contribution is 0.241. The van der Waals surface area contributed by atoms with Gasteiger partial charge in [0.05, 0.1) is 0 Å². The molecule has 0 radical (unpaired) electrons. The van der Waals surface area contributed by atoms with Gasteiger partial charge < -0.3 is 5.73 Å². The molecular weight excluding hydrogens is 148 g/mol. The van der Waals surface area contributed by atoms with E-state index in [1.807, 2.05) is 0 Å². The van der Waals surface area contributed by atoms with Crippen molar-refractivity contribution in [1.82, 2.24) is 4.90 Å². The van der Waals surface area contributed by atoms with E-state index >= 15 is 0 Å². The first-order valence-electron chi connectivity index (χ1n) is 5.25. The van der Waals surface area contributed by atoms with Crippen LogP contribution in [0.1, 0.15) is 32.6 Å². The zero-order chi connectivity index (χ0) is 8.55. The zero-order valence-corrected chi connectivity index (χ0v) is 8.00. The monoisotopic (exact) mass is 168 g/mol. The van der Waals surface area contributed by atoms with Gasteiger partial charge in [-0.1, -0.05) is 0 Å². The molecule has 12 heavy (non-hydrogen) atoms. The topological polar surface area (TPSA) is 29.3 Å². The maximum atomic E-state index is 5.81. The van der Waals surface area contributed by atoms with Crippen LogP contribution in [-0.2, 0) is 0 Å². The molecular formula is C10H20N2. The third kappa shape index (κ3) is 2.46. The third-order valence-corrected chi connectivity index (χ3v) is 2.78. The van der Waals surface area contributed by atoms with Gasteiger partial charge >= 0.3 is 0 Å². The van der Waals surface area contributed by atoms with Gasteiger partial charge in [0.1, 0.15) is 0 Å². The van der Waals surface area contributed by atoms with Crippen molar-refractivity contribution >= 4 is 0 Å². The summed E-state index contributed by atoms with van der Waals surface area (Å²) in [5.41, 5.74) is 5.81. The van der Waals surface area contributed by atoms with Crippen LogP contribution in [0.5, 0.6) is 0 Å². The van der Waals surface area contributed by atoms with E-state index in [1.54, 1.807) is 0 Å². The number of hydrogen-bond acceptors (Lipinski definition) is 2. The molecule has 1 atom stereocenters. The predicted molar refractivity (Wildman–Crippen MR) is 51.0 cm³/mol. The Morgan fingerprint density at radius 2 is 2.00 bits per heavy atom. The smallest absolute Gasteiger partial charge is 0.0139 e. The molecule has 2 fully saturated rings. The van der Waals surface area contributed by atoms with Gasteiger partial charge in [0.25, 0.3) is 0 Å². The number of nitrogens with zero attached hydrogens (tertiary/aromatic N) is 1. The minimum atomic E-state index is 0.351. The van der Waals surface area contributed by atoms with E-state index in [0.717, 1.165) is 18.5 Å². The Balaban J connectivity index is 1.75. The average molecular weight is 168 g/mol. The summed E-state index contributed by atoms with van der Waals surface area (Å²) in [6.45, 7) is 4.55. The van der Waals surface area contributed by atoms with Gasteiger partial charge in [-0.2, -0.15) is 0 Å². The molecule has 2 aliphatic rings. The van der Waals surface area contributed by atoms with Gasteiger partial charge in [-0.15, -0.1) is 0 Å². The predicted octanol–water partition coefficient (Wildman–Crippen LogP) is 1.21. The molecule has 2 rings (SSSR count). The van der Waals surface area contributed by atoms with Gasteiger partial charge in [0.15, 0.2) is 0 Å². The molecule has 0 aliphatic heterocycles. The van der Waals surface area contributed by atoms with Crippen LogP contribution < -0.4 is 5.73 Å². The second kappa shape index (κ2) is 3.35. The lowest BCUT2D eigenvalue weighted by atomic mass is 10.3. The first-order chi connectivity index (χ1) is 5.75. The summed E-state index contributed by atoms with van der Waals surface area (Å²) in [7, 11) is 0. The molecule has 2 nitrogen and oxygen atoms in total. The van der Waals surface area contributed by atoms with Crippen molar-refractivity contribution in [2.45, 2.75) is 44.7 Å². The van der Waals surface area contributed by atoms with Crippen molar-refractivity contribution in [3.05, 3.63) is 0 Å². The maximum absolute atomic E-state index is 5.81. The summed E-state index contributed by atoms with van der Waals surface area (Å²) in [5.74, 6) is 1.02. The molecule has 0 unspecified atom stereocenters. The van der Waals surface area contributed by atoms with Gasteiger partial charge in [0, 0.05) is 25.2 Å². The van der Waals surface area contributed by atoms with Crippen LogP contribution in [0.4, 0.5) is 0 Å². The van der Waals surface area contributed by atoms with Gasteiger partial charge in [0.2, 0.25) is 0 Å². The molecule has 2 saturated carbocycles. The normalized spacial score (nSPS) is 26.2. The molecule has 70 valence electrons. The van der Waals surface area contributed by atoms with Crippen molar-refractivity contribution in [1.29, 1.82) is 0 Å². The second-order valence-electron chi connectivity index (χ2n) is 4.61. The van der Waals surface area contributed by atoms with Crippen molar-refractivity contribution in [3.8, 4) is 0 Å². The highest BCUT2D eigenvalue weighted by Crippen LogP contribution is 2.34. The fraction of sp³-hybridized carbons (Fsp3) is 1.00. The summed E-state index contributed by atoms with van der Waals surface area (Å²) in [4.78, 5) is 2.61. The van der Waals surface area contributed by atoms with Crippen LogP contribution in [0.15, 0.2) is 0 Å². The Morgan fingerprint density at radius 1 is 1.33 bits per heavy atom. The molecule has 2 heteroatoms. The first kappa shape index (κ1) is 8.52. The van der Waals surface area contributed by atoms with E-state index in [9.17, 15) is 0 Å². The zero-order valence-electron chi connectivity index (χ0n) is 8.00. The molecule has 0 aromatic rings. The van der Waals surface area contributed by atoms with E-state index in [2.05, 4.69) is 11.8 Å². The highest BCUT2D eigenvalue weighted by atomic mass is 15.2. The van der Waals surface area contributed by atoms with Crippen molar-refractivity contribution in [2.24, 2.45) is 11.7 Å². The van der Waals surface area contributed by atoms with Crippen LogP contribution in [0, 0.1) is 5.92 Å². The highest BCUT2D eigenvalue weighted by Gasteiger charge is 2.33. The molecule has 0 aromatic carbocycles. The van der Waals surface area contributed by atoms with Crippen LogP contribution in [-0.4, -0.2) is 30.1 Å². The number of rotatable bonds is 5. The average Bonchev–Trinajstić information content (AvgIpc) is 2.82. The van der Waals surface area contributed by atoms with E-state index in [4.69, 9.17) is 5.73 Å². The minimum absolute atomic E-state index is 0.351. The minimum Gasteiger partial charge on any atom is -0.327 e. The molecule has 0 heterocycles. The summed E-state index contributed by atoms with van der Waals surface area (Å²) in [5, 5.41) is 0. The number of nitrogens with two attached hydrogens (primary N) is 1. The van der Waals surface area contributed by atoms with Gasteiger partial charge in [-0.25, -0.2) is 0 Å². The first-order valence-corrected chi connectivity index (χ1v) is 5.25. The summed E-state index contributed by atoms with van der Waals surface area (Å²) >= 11 is 0. The lowest BCUT2D eigenvalue weighted by Gasteiger charge is -2.23. The molecule has 2 aliphatic carbocycles. The number of hydrogen-bond donors (Lipinski definition) is 1. The SMILES string of the molecule is C[C@H](N)CN(CC1CC1)C1CC1. The molecule has 2 N–H and O–H groups in total. The Labute approximate surface area is 75.1 Å². The van der Waals surface area contributed by atoms with E-state index in [-0.39, 0.29) is 0 Å². The van der Waals surface area contributed by atoms with Crippen LogP contribution in [0.25, 0.3) is 0 Å². The molecule has 0 spiro atoms. The summed E-state index contributed by atoms with van der Waals surface area (Å²) in [6.07, 6.45) is 5.75. The van der Waals surface area contributed by atoms with Crippen LogP contribution in [0.2, 0.25) is 0 Å². The molecule has 0 bridgehead atoms. The Bertz CT molecular complexity index is 144. The van der Waals surface area contributed by atoms with E-state index < -0.39 is 0 Å². The summed E-state index contributed by atoms with van der Waals surface area (Å²) in [6, 6.07) is 1.25. The Morgan fingerprint density at radius 3 is 2.42 bits per heavy atom. The Hall–Kier alpha value is -0.0800. The van der Waals surface area contributed by atoms with Gasteiger partial charge in [-0.05, 0) is 38.5 Å². The quantitative estimate of drug-likeness (QED) is 0.668. The van der Waals surface area contributed by atoms with Gasteiger partial charge in [-0.3, -0.25) is 4.90 Å². The van der Waals surface area contributed by atoms with E-state index in [1.165, 1.54) is 32.2 Å². The largest absolute Gasteiger partial charge is 0.327 e. The van der Waals surface area contributed by atoms with Crippen molar-refractivity contribution in [3.63, 3.8) is 0 Å². The fourth-order valence-electron chi connectivity index (χ4n) is 1.81. The summed E-state index contributed by atoms with van der Waals surface area (Å²) < 4.78 is 0. The van der Waals surface area contributed by atoms with E-state index in [0.29, 0.717) is 6.04 Å². The molecule has 0 saturated heterocycles. The fourth-order valence-corrected chi connectivity index (χ4v) is 1.81. The third-order valence-electron chi connectivity index (χ3n) is 2.78. The van der Waals surface area contributed by atoms with Crippen LogP contribution >= 0.6 is 0 Å². The maximum Gasteiger partial charge on any atom is 0.0139 e. The Kier molecular flexibility index (Phi) is 2.37. The van der Waals surface area contributed by atoms with Crippen molar-refractivity contribution in [2.75, 3.05) is 13.1 Å². The lowest BCUT2D eigenvalue weighted by Crippen LogP contribution is -2.38. The highest BCUT2D eigenvalue weighted by molar-refractivity contribution is 4.89. The molecule has 0 amide bonds. The molecule has 0 aromatic heterocycles. The standard InChI is InChI=1S/C10H20N2/c1-8(11)6-12(10-4-5-10)7-9-2-3-9/h8-10H,2-7,11H2,1H3/t8-/m0/s1. The second-order valence-corrected chi connectivity index (χ2v) is 4.61. The van der Waals surface area contributed by atoms with Crippen LogP contribution in [0.3, 0.4) is 0 Å². The van der Waals surface area contributed by atoms with Crippen molar-refractivity contribution < 1.29 is 0 Å².